The highest BCUT2D eigenvalue weighted by Gasteiger charge is 2.25. The molecule has 6 nitrogen and oxygen atoms in total. The number of thiazole rings is 1. The van der Waals surface area contributed by atoms with Crippen molar-refractivity contribution in [1.29, 1.82) is 5.26 Å². The number of carbonyl (C=O) groups is 2. The van der Waals surface area contributed by atoms with Gasteiger partial charge in [-0.3, -0.25) is 4.79 Å². The lowest BCUT2D eigenvalue weighted by atomic mass is 10.1. The van der Waals surface area contributed by atoms with Crippen LogP contribution in [0.3, 0.4) is 0 Å². The number of nitriles is 1. The monoisotopic (exact) mass is 389 g/mol. The summed E-state index contributed by atoms with van der Waals surface area (Å²) < 4.78 is 5.25. The Balaban J connectivity index is 1.71. The van der Waals surface area contributed by atoms with Gasteiger partial charge in [-0.2, -0.15) is 5.26 Å². The molecule has 1 aliphatic rings. The lowest BCUT2D eigenvalue weighted by Crippen LogP contribution is -2.29. The van der Waals surface area contributed by atoms with Crippen LogP contribution >= 0.6 is 22.7 Å². The van der Waals surface area contributed by atoms with E-state index in [9.17, 15) is 14.9 Å². The average molecular weight is 390 g/mol. The molecule has 2 aromatic rings. The van der Waals surface area contributed by atoms with Gasteiger partial charge in [0.2, 0.25) is 0 Å². The highest BCUT2D eigenvalue weighted by Crippen LogP contribution is 2.37. The molecule has 0 bridgehead atoms. The average Bonchev–Trinajstić information content (AvgIpc) is 3.10. The Morgan fingerprint density at radius 3 is 2.81 bits per heavy atom. The van der Waals surface area contributed by atoms with E-state index in [1.807, 2.05) is 0 Å². The van der Waals surface area contributed by atoms with E-state index in [4.69, 9.17) is 4.74 Å². The Hall–Kier alpha value is -2.24. The van der Waals surface area contributed by atoms with Gasteiger partial charge < -0.3 is 10.1 Å². The molecular formula is C18H19N3O3S2. The van der Waals surface area contributed by atoms with Crippen molar-refractivity contribution in [3.05, 3.63) is 32.1 Å². The number of hydrogen-bond acceptors (Lipinski definition) is 7. The zero-order valence-corrected chi connectivity index (χ0v) is 16.3. The SMILES string of the molecule is Cc1ncsc1C(=O)OC(C)C(=O)Nc1sc2c(c1C#N)CCCCC2. The maximum absolute atomic E-state index is 12.4. The van der Waals surface area contributed by atoms with Crippen LogP contribution in [0.4, 0.5) is 5.00 Å². The molecule has 1 N–H and O–H groups in total. The van der Waals surface area contributed by atoms with Gasteiger partial charge in [0.25, 0.3) is 5.91 Å². The van der Waals surface area contributed by atoms with Gasteiger partial charge in [-0.15, -0.1) is 22.7 Å². The smallest absolute Gasteiger partial charge is 0.351 e. The van der Waals surface area contributed by atoms with E-state index >= 15 is 0 Å². The molecule has 0 fully saturated rings. The number of aromatic nitrogens is 1. The fourth-order valence-electron chi connectivity index (χ4n) is 2.93. The van der Waals surface area contributed by atoms with Crippen molar-refractivity contribution in [2.24, 2.45) is 0 Å². The van der Waals surface area contributed by atoms with Crippen molar-refractivity contribution in [2.75, 3.05) is 5.32 Å². The number of rotatable bonds is 4. The fraction of sp³-hybridized carbons (Fsp3) is 0.444. The van der Waals surface area contributed by atoms with E-state index in [-0.39, 0.29) is 0 Å². The molecule has 1 amide bonds. The Morgan fingerprint density at radius 2 is 2.12 bits per heavy atom. The van der Waals surface area contributed by atoms with E-state index in [0.29, 0.717) is 21.1 Å². The van der Waals surface area contributed by atoms with Crippen LogP contribution in [0.25, 0.3) is 0 Å². The summed E-state index contributed by atoms with van der Waals surface area (Å²) >= 11 is 2.65. The summed E-state index contributed by atoms with van der Waals surface area (Å²) in [5.74, 6) is -0.997. The number of nitrogens with zero attached hydrogens (tertiary/aromatic N) is 2. The maximum atomic E-state index is 12.4. The third kappa shape index (κ3) is 3.79. The molecule has 1 aliphatic carbocycles. The Labute approximate surface area is 159 Å². The van der Waals surface area contributed by atoms with E-state index in [1.54, 1.807) is 12.4 Å². The molecule has 26 heavy (non-hydrogen) atoms. The van der Waals surface area contributed by atoms with Crippen molar-refractivity contribution in [1.82, 2.24) is 4.98 Å². The summed E-state index contributed by atoms with van der Waals surface area (Å²) in [5.41, 5.74) is 3.77. The van der Waals surface area contributed by atoms with E-state index < -0.39 is 18.0 Å². The van der Waals surface area contributed by atoms with Gasteiger partial charge in [0.05, 0.1) is 16.8 Å². The first-order valence-corrected chi connectivity index (χ1v) is 10.2. The first-order valence-electron chi connectivity index (χ1n) is 8.47. The predicted molar refractivity (Wildman–Crippen MR) is 101 cm³/mol. The van der Waals surface area contributed by atoms with Crippen molar-refractivity contribution in [2.45, 2.75) is 52.1 Å². The number of anilines is 1. The summed E-state index contributed by atoms with van der Waals surface area (Å²) in [6.45, 7) is 3.24. The number of fused-ring (bicyclic) bond motifs is 1. The summed E-state index contributed by atoms with van der Waals surface area (Å²) in [6.07, 6.45) is 4.19. The Bertz CT molecular complexity index is 879. The number of amides is 1. The van der Waals surface area contributed by atoms with E-state index in [2.05, 4.69) is 16.4 Å². The van der Waals surface area contributed by atoms with Crippen molar-refractivity contribution in [3.8, 4) is 6.07 Å². The molecular weight excluding hydrogens is 370 g/mol. The van der Waals surface area contributed by atoms with Gasteiger partial charge in [0.1, 0.15) is 15.9 Å². The number of carbonyl (C=O) groups excluding carboxylic acids is 2. The van der Waals surface area contributed by atoms with Crippen LogP contribution < -0.4 is 5.32 Å². The third-order valence-electron chi connectivity index (χ3n) is 4.35. The van der Waals surface area contributed by atoms with E-state index in [0.717, 1.165) is 37.7 Å². The molecule has 8 heteroatoms. The lowest BCUT2D eigenvalue weighted by molar-refractivity contribution is -0.123. The first kappa shape index (κ1) is 18.5. The molecule has 2 aromatic heterocycles. The molecule has 0 saturated carbocycles. The number of aryl methyl sites for hydroxylation is 2. The molecule has 0 aliphatic heterocycles. The summed E-state index contributed by atoms with van der Waals surface area (Å²) in [5, 5.41) is 12.9. The second-order valence-corrected chi connectivity index (χ2v) is 8.14. The Kier molecular flexibility index (Phi) is 5.69. The zero-order chi connectivity index (χ0) is 18.7. The predicted octanol–water partition coefficient (Wildman–Crippen LogP) is 3.84. The van der Waals surface area contributed by atoms with Crippen LogP contribution in [-0.2, 0) is 22.4 Å². The van der Waals surface area contributed by atoms with Crippen molar-refractivity contribution in [3.63, 3.8) is 0 Å². The molecule has 1 unspecified atom stereocenters. The lowest BCUT2D eigenvalue weighted by Gasteiger charge is -2.12. The molecule has 0 saturated heterocycles. The number of nitrogens with one attached hydrogen (secondary N) is 1. The van der Waals surface area contributed by atoms with Gasteiger partial charge in [-0.25, -0.2) is 9.78 Å². The standard InChI is InChI=1S/C18H19N3O3S2/c1-10-15(25-9-20-10)18(23)24-11(2)16(22)21-17-13(8-19)12-6-4-3-5-7-14(12)26-17/h9,11H,3-7H2,1-2H3,(H,21,22). The van der Waals surface area contributed by atoms with Crippen LogP contribution in [0.5, 0.6) is 0 Å². The molecule has 136 valence electrons. The quantitative estimate of drug-likeness (QED) is 0.634. The van der Waals surface area contributed by atoms with Crippen LogP contribution in [-0.4, -0.2) is 23.0 Å². The van der Waals surface area contributed by atoms with Gasteiger partial charge in [0, 0.05) is 4.88 Å². The summed E-state index contributed by atoms with van der Waals surface area (Å²) in [6, 6.07) is 2.23. The highest BCUT2D eigenvalue weighted by molar-refractivity contribution is 7.16. The third-order valence-corrected chi connectivity index (χ3v) is 6.47. The van der Waals surface area contributed by atoms with Gasteiger partial charge >= 0.3 is 5.97 Å². The maximum Gasteiger partial charge on any atom is 0.351 e. The van der Waals surface area contributed by atoms with Crippen molar-refractivity contribution < 1.29 is 14.3 Å². The van der Waals surface area contributed by atoms with Crippen LogP contribution in [0.2, 0.25) is 0 Å². The second-order valence-electron chi connectivity index (χ2n) is 6.18. The second kappa shape index (κ2) is 7.98. The Morgan fingerprint density at radius 1 is 1.35 bits per heavy atom. The van der Waals surface area contributed by atoms with E-state index in [1.165, 1.54) is 34.5 Å². The molecule has 2 heterocycles. The topological polar surface area (TPSA) is 92.1 Å². The number of thiophene rings is 1. The molecule has 0 spiro atoms. The zero-order valence-electron chi connectivity index (χ0n) is 14.6. The minimum absolute atomic E-state index is 0.394. The van der Waals surface area contributed by atoms with Gasteiger partial charge in [-0.1, -0.05) is 6.42 Å². The molecule has 0 radical (unpaired) electrons. The number of ether oxygens (including phenoxy) is 1. The summed E-state index contributed by atoms with van der Waals surface area (Å²) in [4.78, 5) is 30.2. The number of hydrogen-bond donors (Lipinski definition) is 1. The highest BCUT2D eigenvalue weighted by atomic mass is 32.1. The molecule has 3 rings (SSSR count). The molecule has 1 atom stereocenters. The largest absolute Gasteiger partial charge is 0.448 e. The van der Waals surface area contributed by atoms with Gasteiger partial charge in [0.15, 0.2) is 6.10 Å². The van der Waals surface area contributed by atoms with Crippen LogP contribution in [0.1, 0.15) is 57.6 Å². The minimum Gasteiger partial charge on any atom is -0.448 e. The number of esters is 1. The minimum atomic E-state index is -0.961. The summed E-state index contributed by atoms with van der Waals surface area (Å²) in [7, 11) is 0. The van der Waals surface area contributed by atoms with Crippen molar-refractivity contribution >= 4 is 39.6 Å². The molecule has 0 aromatic carbocycles. The van der Waals surface area contributed by atoms with Crippen LogP contribution in [0.15, 0.2) is 5.51 Å². The fourth-order valence-corrected chi connectivity index (χ4v) is 4.85. The van der Waals surface area contributed by atoms with Gasteiger partial charge in [-0.05, 0) is 45.1 Å². The van der Waals surface area contributed by atoms with Crippen LogP contribution in [0, 0.1) is 18.3 Å². The first-order chi connectivity index (χ1) is 12.5. The normalized spacial score (nSPS) is 14.7.